The molecule has 0 radical (unpaired) electrons. The maximum Gasteiger partial charge on any atom is 0.0623 e. The smallest absolute Gasteiger partial charge is 0.0623 e. The number of benzene rings is 1. The minimum atomic E-state index is 0.251. The third-order valence-electron chi connectivity index (χ3n) is 4.66. The number of fused-ring (bicyclic) bond motifs is 2. The zero-order chi connectivity index (χ0) is 12.7. The molecule has 98 valence electrons. The van der Waals surface area contributed by atoms with Crippen LogP contribution >= 0.6 is 0 Å². The molecule has 0 amide bonds. The van der Waals surface area contributed by atoms with Gasteiger partial charge in [0.1, 0.15) is 0 Å². The summed E-state index contributed by atoms with van der Waals surface area (Å²) >= 11 is 0. The van der Waals surface area contributed by atoms with E-state index in [-0.39, 0.29) is 6.04 Å². The van der Waals surface area contributed by atoms with Crippen LogP contribution in [0.15, 0.2) is 18.2 Å². The quantitative estimate of drug-likeness (QED) is 0.888. The Bertz CT molecular complexity index is 443. The fraction of sp³-hybridized carbons (Fsp3) is 0.625. The number of nitrogens with two attached hydrogens (primary N) is 1. The third kappa shape index (κ3) is 2.19. The molecular formula is C16H23NO. The van der Waals surface area contributed by atoms with Gasteiger partial charge in [-0.05, 0) is 50.7 Å². The Balaban J connectivity index is 1.70. The molecule has 2 fully saturated rings. The molecule has 2 nitrogen and oxygen atoms in total. The molecule has 1 aromatic rings. The van der Waals surface area contributed by atoms with Crippen LogP contribution in [-0.2, 0) is 11.2 Å². The Morgan fingerprint density at radius 1 is 1.33 bits per heavy atom. The summed E-state index contributed by atoms with van der Waals surface area (Å²) in [5, 5.41) is 0. The molecular weight excluding hydrogens is 222 g/mol. The lowest BCUT2D eigenvalue weighted by Crippen LogP contribution is -2.38. The molecule has 0 saturated carbocycles. The number of rotatable bonds is 3. The number of hydrogen-bond acceptors (Lipinski definition) is 2. The maximum absolute atomic E-state index is 6.44. The Morgan fingerprint density at radius 3 is 2.83 bits per heavy atom. The highest BCUT2D eigenvalue weighted by Gasteiger charge is 2.43. The van der Waals surface area contributed by atoms with Gasteiger partial charge in [0.05, 0.1) is 12.2 Å². The van der Waals surface area contributed by atoms with Gasteiger partial charge >= 0.3 is 0 Å². The second-order valence-corrected chi connectivity index (χ2v) is 6.07. The molecule has 2 aliphatic rings. The van der Waals surface area contributed by atoms with Gasteiger partial charge in [0.15, 0.2) is 0 Å². The maximum atomic E-state index is 6.44. The molecule has 3 rings (SSSR count). The van der Waals surface area contributed by atoms with Gasteiger partial charge in [0, 0.05) is 12.0 Å². The molecule has 2 bridgehead atoms. The van der Waals surface area contributed by atoms with Crippen molar-refractivity contribution in [3.05, 3.63) is 34.9 Å². The van der Waals surface area contributed by atoms with Gasteiger partial charge in [-0.25, -0.2) is 0 Å². The number of aryl methyl sites for hydroxylation is 2. The SMILES string of the molecule is Cc1ccc(C)c(CC(N)C2CC3CCC2O3)c1. The fourth-order valence-corrected chi connectivity index (χ4v) is 3.55. The van der Waals surface area contributed by atoms with Crippen molar-refractivity contribution in [1.82, 2.24) is 0 Å². The Kier molecular flexibility index (Phi) is 3.16. The molecule has 4 unspecified atom stereocenters. The van der Waals surface area contributed by atoms with Crippen molar-refractivity contribution in [2.75, 3.05) is 0 Å². The van der Waals surface area contributed by atoms with Crippen LogP contribution in [0.25, 0.3) is 0 Å². The van der Waals surface area contributed by atoms with Gasteiger partial charge < -0.3 is 10.5 Å². The van der Waals surface area contributed by atoms with Gasteiger partial charge in [-0.2, -0.15) is 0 Å². The van der Waals surface area contributed by atoms with Crippen molar-refractivity contribution < 1.29 is 4.74 Å². The van der Waals surface area contributed by atoms with Crippen LogP contribution in [0.3, 0.4) is 0 Å². The van der Waals surface area contributed by atoms with Crippen molar-refractivity contribution in [3.8, 4) is 0 Å². The van der Waals surface area contributed by atoms with Crippen molar-refractivity contribution in [1.29, 1.82) is 0 Å². The minimum Gasteiger partial charge on any atom is -0.375 e. The summed E-state index contributed by atoms with van der Waals surface area (Å²) < 4.78 is 5.92. The predicted molar refractivity (Wildman–Crippen MR) is 73.6 cm³/mol. The molecule has 1 aromatic carbocycles. The van der Waals surface area contributed by atoms with Gasteiger partial charge in [0.25, 0.3) is 0 Å². The first kappa shape index (κ1) is 12.2. The first-order valence-electron chi connectivity index (χ1n) is 7.10. The van der Waals surface area contributed by atoms with Crippen molar-refractivity contribution in [2.45, 2.75) is 57.8 Å². The van der Waals surface area contributed by atoms with Gasteiger partial charge in [-0.1, -0.05) is 23.8 Å². The second-order valence-electron chi connectivity index (χ2n) is 6.07. The molecule has 2 aliphatic heterocycles. The lowest BCUT2D eigenvalue weighted by atomic mass is 9.81. The summed E-state index contributed by atoms with van der Waals surface area (Å²) in [5.41, 5.74) is 10.5. The second kappa shape index (κ2) is 4.67. The normalized spacial score (nSPS) is 31.8. The zero-order valence-electron chi connectivity index (χ0n) is 11.4. The van der Waals surface area contributed by atoms with E-state index in [2.05, 4.69) is 32.0 Å². The van der Waals surface area contributed by atoms with Crippen LogP contribution in [-0.4, -0.2) is 18.2 Å². The average molecular weight is 245 g/mol. The Morgan fingerprint density at radius 2 is 2.17 bits per heavy atom. The Hall–Kier alpha value is -0.860. The molecule has 2 saturated heterocycles. The molecule has 0 aromatic heterocycles. The largest absolute Gasteiger partial charge is 0.375 e. The average Bonchev–Trinajstić information content (AvgIpc) is 2.96. The highest BCUT2D eigenvalue weighted by molar-refractivity contribution is 5.31. The number of hydrogen-bond donors (Lipinski definition) is 1. The number of ether oxygens (including phenoxy) is 1. The van der Waals surface area contributed by atoms with Crippen LogP contribution in [0.2, 0.25) is 0 Å². The standard InChI is InChI=1S/C16H23NO/c1-10-3-4-11(2)12(7-10)8-15(17)14-9-13-5-6-16(14)18-13/h3-4,7,13-16H,5-6,8-9,17H2,1-2H3. The van der Waals surface area contributed by atoms with Crippen molar-refractivity contribution in [3.63, 3.8) is 0 Å². The first-order chi connectivity index (χ1) is 8.63. The van der Waals surface area contributed by atoms with E-state index >= 15 is 0 Å². The zero-order valence-corrected chi connectivity index (χ0v) is 11.4. The van der Waals surface area contributed by atoms with E-state index in [1.807, 2.05) is 0 Å². The molecule has 2 heterocycles. The van der Waals surface area contributed by atoms with E-state index in [1.165, 1.54) is 36.0 Å². The van der Waals surface area contributed by atoms with E-state index < -0.39 is 0 Å². The first-order valence-corrected chi connectivity index (χ1v) is 7.10. The highest BCUT2D eigenvalue weighted by Crippen LogP contribution is 2.40. The summed E-state index contributed by atoms with van der Waals surface area (Å²) in [5.74, 6) is 0.573. The van der Waals surface area contributed by atoms with Crippen LogP contribution in [0.4, 0.5) is 0 Å². The topological polar surface area (TPSA) is 35.2 Å². The van der Waals surface area contributed by atoms with E-state index in [1.54, 1.807) is 0 Å². The molecule has 4 atom stereocenters. The summed E-state index contributed by atoms with van der Waals surface area (Å²) in [6.45, 7) is 4.33. The van der Waals surface area contributed by atoms with Gasteiger partial charge in [-0.15, -0.1) is 0 Å². The summed E-state index contributed by atoms with van der Waals surface area (Å²) in [6.07, 6.45) is 5.58. The minimum absolute atomic E-state index is 0.251. The molecule has 0 aliphatic carbocycles. The van der Waals surface area contributed by atoms with E-state index in [9.17, 15) is 0 Å². The van der Waals surface area contributed by atoms with E-state index in [0.29, 0.717) is 18.1 Å². The lowest BCUT2D eigenvalue weighted by molar-refractivity contribution is 0.0885. The summed E-state index contributed by atoms with van der Waals surface area (Å²) in [6, 6.07) is 6.91. The van der Waals surface area contributed by atoms with E-state index in [4.69, 9.17) is 10.5 Å². The highest BCUT2D eigenvalue weighted by atomic mass is 16.5. The fourth-order valence-electron chi connectivity index (χ4n) is 3.55. The summed E-state index contributed by atoms with van der Waals surface area (Å²) in [7, 11) is 0. The van der Waals surface area contributed by atoms with E-state index in [0.717, 1.165) is 6.42 Å². The predicted octanol–water partition coefficient (Wildman–Crippen LogP) is 2.74. The Labute approximate surface area is 110 Å². The lowest BCUT2D eigenvalue weighted by Gasteiger charge is -2.26. The van der Waals surface area contributed by atoms with Crippen LogP contribution in [0, 0.1) is 19.8 Å². The molecule has 18 heavy (non-hydrogen) atoms. The molecule has 0 spiro atoms. The molecule has 2 heteroatoms. The monoisotopic (exact) mass is 245 g/mol. The van der Waals surface area contributed by atoms with Crippen LogP contribution in [0.1, 0.15) is 36.0 Å². The van der Waals surface area contributed by atoms with Crippen molar-refractivity contribution in [2.24, 2.45) is 11.7 Å². The summed E-state index contributed by atoms with van der Waals surface area (Å²) in [4.78, 5) is 0. The third-order valence-corrected chi connectivity index (χ3v) is 4.66. The van der Waals surface area contributed by atoms with Crippen LogP contribution in [0.5, 0.6) is 0 Å². The molecule has 2 N–H and O–H groups in total. The van der Waals surface area contributed by atoms with Gasteiger partial charge in [0.2, 0.25) is 0 Å². The van der Waals surface area contributed by atoms with Gasteiger partial charge in [-0.3, -0.25) is 0 Å². The van der Waals surface area contributed by atoms with Crippen molar-refractivity contribution >= 4 is 0 Å². The van der Waals surface area contributed by atoms with Crippen LogP contribution < -0.4 is 5.73 Å².